The van der Waals surface area contributed by atoms with Gasteiger partial charge in [0.05, 0.1) is 6.10 Å². The van der Waals surface area contributed by atoms with Crippen molar-refractivity contribution in [1.29, 1.82) is 0 Å². The van der Waals surface area contributed by atoms with Crippen LogP contribution in [0.15, 0.2) is 29.3 Å². The van der Waals surface area contributed by atoms with Crippen molar-refractivity contribution in [1.82, 2.24) is 10.2 Å². The molecule has 4 nitrogen and oxygen atoms in total. The van der Waals surface area contributed by atoms with Crippen LogP contribution in [-0.2, 0) is 6.54 Å². The summed E-state index contributed by atoms with van der Waals surface area (Å²) >= 11 is 6.01. The molecule has 2 N–H and O–H groups in total. The normalized spacial score (nSPS) is 22.4. The van der Waals surface area contributed by atoms with Gasteiger partial charge in [-0.2, -0.15) is 0 Å². The molecule has 0 spiro atoms. The second kappa shape index (κ2) is 7.66. The average molecular weight is 310 g/mol. The summed E-state index contributed by atoms with van der Waals surface area (Å²) in [5, 5.41) is 14.0. The van der Waals surface area contributed by atoms with Gasteiger partial charge in [0.15, 0.2) is 5.96 Å². The fourth-order valence-electron chi connectivity index (χ4n) is 2.85. The quantitative estimate of drug-likeness (QED) is 0.663. The Morgan fingerprint density at radius 2 is 2.29 bits per heavy atom. The molecule has 0 aromatic heterocycles. The number of benzene rings is 1. The number of halogens is 1. The van der Waals surface area contributed by atoms with Gasteiger partial charge in [-0.25, -0.2) is 0 Å². The summed E-state index contributed by atoms with van der Waals surface area (Å²) in [6.07, 6.45) is 2.95. The number of guanidine groups is 1. The molecule has 0 saturated heterocycles. The number of rotatable bonds is 4. The minimum absolute atomic E-state index is 0.172. The van der Waals surface area contributed by atoms with Crippen LogP contribution in [0.2, 0.25) is 5.02 Å². The average Bonchev–Trinajstić information content (AvgIpc) is 2.85. The zero-order valence-corrected chi connectivity index (χ0v) is 13.5. The lowest BCUT2D eigenvalue weighted by molar-refractivity contribution is 0.134. The highest BCUT2D eigenvalue weighted by atomic mass is 35.5. The number of aliphatic imine (C=N–C) groups is 1. The van der Waals surface area contributed by atoms with Crippen molar-refractivity contribution in [2.24, 2.45) is 10.9 Å². The number of aliphatic hydroxyl groups is 1. The Morgan fingerprint density at radius 1 is 1.48 bits per heavy atom. The molecule has 0 radical (unpaired) electrons. The van der Waals surface area contributed by atoms with Crippen LogP contribution in [0.5, 0.6) is 0 Å². The Kier molecular flexibility index (Phi) is 5.88. The zero-order valence-electron chi connectivity index (χ0n) is 12.7. The van der Waals surface area contributed by atoms with Crippen LogP contribution in [-0.4, -0.2) is 42.7 Å². The van der Waals surface area contributed by atoms with Gasteiger partial charge in [0, 0.05) is 38.1 Å². The van der Waals surface area contributed by atoms with Crippen LogP contribution in [0.25, 0.3) is 0 Å². The molecule has 2 unspecified atom stereocenters. The predicted octanol–water partition coefficient (Wildman–Crippen LogP) is 2.51. The van der Waals surface area contributed by atoms with Crippen molar-refractivity contribution in [3.63, 3.8) is 0 Å². The highest BCUT2D eigenvalue weighted by Gasteiger charge is 2.25. The number of hydrogen-bond donors (Lipinski definition) is 2. The van der Waals surface area contributed by atoms with Crippen molar-refractivity contribution in [2.45, 2.75) is 31.9 Å². The maximum Gasteiger partial charge on any atom is 0.193 e. The van der Waals surface area contributed by atoms with Gasteiger partial charge in [-0.1, -0.05) is 30.2 Å². The smallest absolute Gasteiger partial charge is 0.193 e. The van der Waals surface area contributed by atoms with E-state index in [1.165, 1.54) is 0 Å². The van der Waals surface area contributed by atoms with Crippen molar-refractivity contribution in [3.8, 4) is 0 Å². The first-order valence-corrected chi connectivity index (χ1v) is 7.82. The van der Waals surface area contributed by atoms with Gasteiger partial charge in [-0.3, -0.25) is 4.99 Å². The second-order valence-corrected chi connectivity index (χ2v) is 6.11. The molecule has 0 heterocycles. The van der Waals surface area contributed by atoms with E-state index in [0.29, 0.717) is 5.92 Å². The number of hydrogen-bond acceptors (Lipinski definition) is 2. The molecule has 1 saturated carbocycles. The fraction of sp³-hybridized carbons (Fsp3) is 0.562. The summed E-state index contributed by atoms with van der Waals surface area (Å²) in [4.78, 5) is 6.37. The summed E-state index contributed by atoms with van der Waals surface area (Å²) < 4.78 is 0. The molecular weight excluding hydrogens is 286 g/mol. The molecular formula is C16H24ClN3O. The van der Waals surface area contributed by atoms with Crippen LogP contribution < -0.4 is 5.32 Å². The third-order valence-electron chi connectivity index (χ3n) is 4.02. The van der Waals surface area contributed by atoms with Crippen LogP contribution in [0.4, 0.5) is 0 Å². The van der Waals surface area contributed by atoms with Crippen LogP contribution in [0, 0.1) is 5.92 Å². The largest absolute Gasteiger partial charge is 0.393 e. The first-order chi connectivity index (χ1) is 10.1. The van der Waals surface area contributed by atoms with Gasteiger partial charge in [0.1, 0.15) is 0 Å². The molecule has 0 bridgehead atoms. The van der Waals surface area contributed by atoms with E-state index in [4.69, 9.17) is 11.6 Å². The number of aliphatic hydroxyl groups excluding tert-OH is 1. The van der Waals surface area contributed by atoms with Crippen molar-refractivity contribution in [3.05, 3.63) is 34.9 Å². The van der Waals surface area contributed by atoms with Gasteiger partial charge in [-0.05, 0) is 30.5 Å². The molecule has 21 heavy (non-hydrogen) atoms. The third-order valence-corrected chi connectivity index (χ3v) is 4.26. The topological polar surface area (TPSA) is 47.9 Å². The lowest BCUT2D eigenvalue weighted by Gasteiger charge is -2.24. The molecule has 2 rings (SSSR count). The lowest BCUT2D eigenvalue weighted by Crippen LogP contribution is -2.41. The Morgan fingerprint density at radius 3 is 2.90 bits per heavy atom. The highest BCUT2D eigenvalue weighted by Crippen LogP contribution is 2.24. The van der Waals surface area contributed by atoms with Gasteiger partial charge < -0.3 is 15.3 Å². The second-order valence-electron chi connectivity index (χ2n) is 5.67. The van der Waals surface area contributed by atoms with E-state index in [-0.39, 0.29) is 6.10 Å². The SMILES string of the molecule is CN=C(NCC1CCCC1O)N(C)Cc1cccc(Cl)c1. The summed E-state index contributed by atoms with van der Waals surface area (Å²) in [5.41, 5.74) is 1.15. The minimum atomic E-state index is -0.172. The number of nitrogens with zero attached hydrogens (tertiary/aromatic N) is 2. The Hall–Kier alpha value is -1.26. The monoisotopic (exact) mass is 309 g/mol. The van der Waals surface area contributed by atoms with Crippen molar-refractivity contribution >= 4 is 17.6 Å². The Bertz CT molecular complexity index is 492. The first kappa shape index (κ1) is 16.1. The predicted molar refractivity (Wildman–Crippen MR) is 87.6 cm³/mol. The summed E-state index contributed by atoms with van der Waals surface area (Å²) in [6, 6.07) is 7.85. The zero-order chi connectivity index (χ0) is 15.2. The minimum Gasteiger partial charge on any atom is -0.393 e. The van der Waals surface area contributed by atoms with E-state index in [1.54, 1.807) is 7.05 Å². The van der Waals surface area contributed by atoms with E-state index in [2.05, 4.69) is 21.3 Å². The van der Waals surface area contributed by atoms with Crippen LogP contribution >= 0.6 is 11.6 Å². The van der Waals surface area contributed by atoms with Crippen molar-refractivity contribution < 1.29 is 5.11 Å². The molecule has 5 heteroatoms. The van der Waals surface area contributed by atoms with E-state index >= 15 is 0 Å². The summed E-state index contributed by atoms with van der Waals surface area (Å²) in [6.45, 7) is 1.52. The maximum atomic E-state index is 9.87. The van der Waals surface area contributed by atoms with Gasteiger partial charge in [0.2, 0.25) is 0 Å². The standard InChI is InChI=1S/C16H24ClN3O/c1-18-16(19-10-13-6-4-8-15(13)21)20(2)11-12-5-3-7-14(17)9-12/h3,5,7,9,13,15,21H,4,6,8,10-11H2,1-2H3,(H,18,19). The molecule has 0 amide bonds. The molecule has 116 valence electrons. The summed E-state index contributed by atoms with van der Waals surface area (Å²) in [5.74, 6) is 1.18. The van der Waals surface area contributed by atoms with E-state index < -0.39 is 0 Å². The molecule has 1 aromatic carbocycles. The fourth-order valence-corrected chi connectivity index (χ4v) is 3.06. The Labute approximate surface area is 131 Å². The van der Waals surface area contributed by atoms with Crippen molar-refractivity contribution in [2.75, 3.05) is 20.6 Å². The van der Waals surface area contributed by atoms with Gasteiger partial charge in [0.25, 0.3) is 0 Å². The van der Waals surface area contributed by atoms with E-state index in [0.717, 1.165) is 48.9 Å². The number of nitrogens with one attached hydrogen (secondary N) is 1. The maximum absolute atomic E-state index is 9.87. The van der Waals surface area contributed by atoms with Crippen LogP contribution in [0.3, 0.4) is 0 Å². The van der Waals surface area contributed by atoms with Gasteiger partial charge in [-0.15, -0.1) is 0 Å². The molecule has 0 aliphatic heterocycles. The molecule has 1 aliphatic carbocycles. The molecule has 1 fully saturated rings. The van der Waals surface area contributed by atoms with E-state index in [1.807, 2.05) is 25.2 Å². The van der Waals surface area contributed by atoms with E-state index in [9.17, 15) is 5.11 Å². The van der Waals surface area contributed by atoms with Crippen LogP contribution in [0.1, 0.15) is 24.8 Å². The van der Waals surface area contributed by atoms with Gasteiger partial charge >= 0.3 is 0 Å². The highest BCUT2D eigenvalue weighted by molar-refractivity contribution is 6.30. The summed E-state index contributed by atoms with van der Waals surface area (Å²) in [7, 11) is 3.78. The third kappa shape index (κ3) is 4.61. The molecule has 1 aromatic rings. The Balaban J connectivity index is 1.88. The molecule has 2 atom stereocenters. The first-order valence-electron chi connectivity index (χ1n) is 7.44. The lowest BCUT2D eigenvalue weighted by atomic mass is 10.1. The molecule has 1 aliphatic rings.